The summed E-state index contributed by atoms with van der Waals surface area (Å²) in [6.07, 6.45) is 7.36. The molecule has 7 nitrogen and oxygen atoms in total. The fourth-order valence-electron chi connectivity index (χ4n) is 4.89. The Bertz CT molecular complexity index is 937. The summed E-state index contributed by atoms with van der Waals surface area (Å²) in [4.78, 5) is 45.9. The van der Waals surface area contributed by atoms with Crippen LogP contribution in [0.4, 0.5) is 5.13 Å². The van der Waals surface area contributed by atoms with E-state index in [9.17, 15) is 14.4 Å². The maximum absolute atomic E-state index is 13.6. The van der Waals surface area contributed by atoms with E-state index < -0.39 is 0 Å². The lowest BCUT2D eigenvalue weighted by Gasteiger charge is -2.44. The Morgan fingerprint density at radius 2 is 2.09 bits per heavy atom. The molecule has 0 aromatic carbocycles. The molecule has 2 aliphatic carbocycles. The summed E-state index contributed by atoms with van der Waals surface area (Å²) in [5.74, 6) is 0.417. The van der Waals surface area contributed by atoms with E-state index in [1.165, 1.54) is 17.4 Å². The van der Waals surface area contributed by atoms with E-state index in [0.717, 1.165) is 29.9 Å². The molecule has 0 bridgehead atoms. The van der Waals surface area contributed by atoms with E-state index in [1.807, 2.05) is 16.7 Å². The highest BCUT2D eigenvalue weighted by Crippen LogP contribution is 2.44. The number of rotatable bonds is 7. The van der Waals surface area contributed by atoms with Gasteiger partial charge in [0, 0.05) is 48.1 Å². The highest BCUT2D eigenvalue weighted by atomic mass is 35.5. The van der Waals surface area contributed by atoms with E-state index in [4.69, 9.17) is 11.6 Å². The van der Waals surface area contributed by atoms with E-state index in [-0.39, 0.29) is 52.1 Å². The Balaban J connectivity index is 1.37. The van der Waals surface area contributed by atoms with Crippen molar-refractivity contribution < 1.29 is 14.4 Å². The van der Waals surface area contributed by atoms with Crippen LogP contribution in [0.25, 0.3) is 0 Å². The number of aromatic nitrogens is 1. The first-order chi connectivity index (χ1) is 16.3. The number of hydrogen-bond donors (Lipinski definition) is 1. The molecule has 3 aliphatic rings. The average molecular weight is 525 g/mol. The van der Waals surface area contributed by atoms with Crippen LogP contribution in [0.15, 0.2) is 23.1 Å². The lowest BCUT2D eigenvalue weighted by Crippen LogP contribution is -2.58. The molecule has 3 amide bonds. The number of nitrogens with one attached hydrogen (secondary N) is 1. The summed E-state index contributed by atoms with van der Waals surface area (Å²) in [5.41, 5.74) is 0. The Morgan fingerprint density at radius 1 is 1.32 bits per heavy atom. The van der Waals surface area contributed by atoms with Crippen molar-refractivity contribution in [1.29, 1.82) is 0 Å². The second-order valence-electron chi connectivity index (χ2n) is 9.56. The van der Waals surface area contributed by atoms with Gasteiger partial charge >= 0.3 is 0 Å². The number of alkyl halides is 1. The van der Waals surface area contributed by atoms with Gasteiger partial charge in [0.25, 0.3) is 0 Å². The minimum atomic E-state index is -0.0892. The van der Waals surface area contributed by atoms with E-state index in [2.05, 4.69) is 23.8 Å². The van der Waals surface area contributed by atoms with Crippen molar-refractivity contribution in [3.8, 4) is 0 Å². The monoisotopic (exact) mass is 524 g/mol. The van der Waals surface area contributed by atoms with Gasteiger partial charge in [-0.2, -0.15) is 0 Å². The maximum atomic E-state index is 13.6. The van der Waals surface area contributed by atoms with Gasteiger partial charge in [-0.25, -0.2) is 4.98 Å². The minimum Gasteiger partial charge on any atom is -0.339 e. The molecule has 0 spiro atoms. The number of amides is 3. The zero-order valence-electron chi connectivity index (χ0n) is 19.7. The molecule has 2 heterocycles. The molecule has 3 fully saturated rings. The summed E-state index contributed by atoms with van der Waals surface area (Å²) in [6.45, 7) is 9.44. The van der Waals surface area contributed by atoms with Crippen molar-refractivity contribution in [3.63, 3.8) is 0 Å². The topological polar surface area (TPSA) is 82.6 Å². The Kier molecular flexibility index (Phi) is 8.25. The summed E-state index contributed by atoms with van der Waals surface area (Å²) in [6, 6.07) is 0.0227. The van der Waals surface area contributed by atoms with Gasteiger partial charge in [0.1, 0.15) is 0 Å². The van der Waals surface area contributed by atoms with Crippen LogP contribution >= 0.6 is 34.7 Å². The first-order valence-electron chi connectivity index (χ1n) is 12.1. The predicted molar refractivity (Wildman–Crippen MR) is 137 cm³/mol. The third-order valence-electron chi connectivity index (χ3n) is 7.14. The highest BCUT2D eigenvalue weighted by Gasteiger charge is 2.41. The second-order valence-corrected chi connectivity index (χ2v) is 12.7. The SMILES string of the molecule is C=CC(=O)N1CCN(C(=O)C2CC(Sc3cnc(NC(=O)C4CC4)s3)C(Cl)CC2C)C[C@H]1CC. The highest BCUT2D eigenvalue weighted by molar-refractivity contribution is 8.01. The molecule has 5 atom stereocenters. The number of anilines is 1. The van der Waals surface area contributed by atoms with E-state index in [0.29, 0.717) is 31.2 Å². The van der Waals surface area contributed by atoms with Crippen LogP contribution in [-0.2, 0) is 14.4 Å². The molecule has 1 saturated heterocycles. The summed E-state index contributed by atoms with van der Waals surface area (Å²) >= 11 is 9.89. The molecule has 2 saturated carbocycles. The molecule has 34 heavy (non-hydrogen) atoms. The molecular formula is C24H33ClN4O3S2. The second kappa shape index (κ2) is 11.0. The number of thiazole rings is 1. The largest absolute Gasteiger partial charge is 0.339 e. The van der Waals surface area contributed by atoms with Gasteiger partial charge in [0.05, 0.1) is 10.4 Å². The van der Waals surface area contributed by atoms with Gasteiger partial charge in [-0.1, -0.05) is 31.8 Å². The van der Waals surface area contributed by atoms with Crippen LogP contribution in [0.3, 0.4) is 0 Å². The zero-order valence-corrected chi connectivity index (χ0v) is 22.1. The molecule has 1 aliphatic heterocycles. The Labute approximate surface area is 214 Å². The smallest absolute Gasteiger partial charge is 0.246 e. The van der Waals surface area contributed by atoms with E-state index in [1.54, 1.807) is 18.0 Å². The van der Waals surface area contributed by atoms with Gasteiger partial charge < -0.3 is 15.1 Å². The maximum Gasteiger partial charge on any atom is 0.246 e. The number of piperazine rings is 1. The molecule has 1 N–H and O–H groups in total. The zero-order chi connectivity index (χ0) is 24.4. The minimum absolute atomic E-state index is 0.0227. The van der Waals surface area contributed by atoms with Gasteiger partial charge in [-0.15, -0.1) is 23.4 Å². The number of halogens is 1. The summed E-state index contributed by atoms with van der Waals surface area (Å²) in [7, 11) is 0. The molecule has 10 heteroatoms. The first kappa shape index (κ1) is 25.5. The van der Waals surface area contributed by atoms with Gasteiger partial charge in [-0.05, 0) is 44.1 Å². The predicted octanol–water partition coefficient (Wildman–Crippen LogP) is 4.24. The van der Waals surface area contributed by atoms with Crippen molar-refractivity contribution in [2.24, 2.45) is 17.8 Å². The molecule has 4 unspecified atom stereocenters. The van der Waals surface area contributed by atoms with Crippen LogP contribution in [0.1, 0.15) is 46.0 Å². The number of thioether (sulfide) groups is 1. The van der Waals surface area contributed by atoms with Crippen molar-refractivity contribution in [2.75, 3.05) is 25.0 Å². The normalized spacial score (nSPS) is 29.6. The van der Waals surface area contributed by atoms with Crippen LogP contribution in [0.2, 0.25) is 0 Å². The van der Waals surface area contributed by atoms with E-state index >= 15 is 0 Å². The van der Waals surface area contributed by atoms with Crippen molar-refractivity contribution in [3.05, 3.63) is 18.9 Å². The first-order valence-corrected chi connectivity index (χ1v) is 14.2. The van der Waals surface area contributed by atoms with Crippen LogP contribution in [0.5, 0.6) is 0 Å². The molecular weight excluding hydrogens is 492 g/mol. The molecule has 186 valence electrons. The third-order valence-corrected chi connectivity index (χ3v) is 10.2. The summed E-state index contributed by atoms with van der Waals surface area (Å²) in [5, 5.41) is 3.60. The Morgan fingerprint density at radius 3 is 2.76 bits per heavy atom. The van der Waals surface area contributed by atoms with Crippen molar-refractivity contribution in [2.45, 2.75) is 66.8 Å². The summed E-state index contributed by atoms with van der Waals surface area (Å²) < 4.78 is 1.00. The fourth-order valence-corrected chi connectivity index (χ4v) is 7.75. The molecule has 1 aromatic rings. The lowest BCUT2D eigenvalue weighted by molar-refractivity contribution is -0.145. The van der Waals surface area contributed by atoms with Crippen LogP contribution in [-0.4, -0.2) is 68.8 Å². The standard InChI is InChI=1S/C24H33ClN4O3S2/c1-4-16-13-28(8-9-29(16)20(30)5-2)23(32)17-11-19(18(25)10-14(17)3)33-21-12-26-24(34-21)27-22(31)15-6-7-15/h5,12,14-19H,2,4,6-11,13H2,1,3H3,(H,26,27,31)/t14?,16-,17?,18?,19?/m1/s1. The number of carbonyl (C=O) groups excluding carboxylic acids is 3. The van der Waals surface area contributed by atoms with Crippen LogP contribution in [0, 0.1) is 17.8 Å². The van der Waals surface area contributed by atoms with Crippen molar-refractivity contribution in [1.82, 2.24) is 14.8 Å². The van der Waals surface area contributed by atoms with Crippen LogP contribution < -0.4 is 5.32 Å². The fraction of sp³-hybridized carbons (Fsp3) is 0.667. The number of nitrogens with zero attached hydrogens (tertiary/aromatic N) is 3. The van der Waals surface area contributed by atoms with Gasteiger partial charge in [0.15, 0.2) is 5.13 Å². The van der Waals surface area contributed by atoms with Crippen molar-refractivity contribution >= 4 is 57.6 Å². The van der Waals surface area contributed by atoms with Gasteiger partial charge in [-0.3, -0.25) is 14.4 Å². The third kappa shape index (κ3) is 5.79. The number of carbonyl (C=O) groups is 3. The average Bonchev–Trinajstić information content (AvgIpc) is 3.60. The molecule has 4 rings (SSSR count). The Hall–Kier alpha value is -1.58. The number of hydrogen-bond acceptors (Lipinski definition) is 6. The molecule has 0 radical (unpaired) electrons. The quantitative estimate of drug-likeness (QED) is 0.426. The van der Waals surface area contributed by atoms with Gasteiger partial charge in [0.2, 0.25) is 17.7 Å². The lowest BCUT2D eigenvalue weighted by atomic mass is 9.79. The molecule has 1 aromatic heterocycles.